The Morgan fingerprint density at radius 1 is 0.828 bits per heavy atom. The van der Waals surface area contributed by atoms with Crippen LogP contribution in [-0.2, 0) is 17.6 Å². The summed E-state index contributed by atoms with van der Waals surface area (Å²) in [5, 5.41) is 0. The zero-order valence-corrected chi connectivity index (χ0v) is 18.8. The molecule has 4 nitrogen and oxygen atoms in total. The van der Waals surface area contributed by atoms with Gasteiger partial charge in [0.15, 0.2) is 0 Å². The number of carbonyl (C=O) groups is 1. The van der Waals surface area contributed by atoms with Crippen LogP contribution in [0, 0.1) is 0 Å². The van der Waals surface area contributed by atoms with Gasteiger partial charge in [0, 0.05) is 18.9 Å². The third-order valence-corrected chi connectivity index (χ3v) is 5.56. The summed E-state index contributed by atoms with van der Waals surface area (Å²) in [5.74, 6) is 1.44. The molecule has 29 heavy (non-hydrogen) atoms. The summed E-state index contributed by atoms with van der Waals surface area (Å²) in [5.41, 5.74) is 0.456. The van der Waals surface area contributed by atoms with E-state index in [-0.39, 0.29) is 5.63 Å². The minimum Gasteiger partial charge on any atom is -0.496 e. The molecule has 166 valence electrons. The summed E-state index contributed by atoms with van der Waals surface area (Å²) in [4.78, 5) is 22.7. The van der Waals surface area contributed by atoms with Crippen molar-refractivity contribution in [2.24, 2.45) is 0 Å². The van der Waals surface area contributed by atoms with E-state index >= 15 is 0 Å². The third kappa shape index (κ3) is 11.9. The van der Waals surface area contributed by atoms with Crippen LogP contribution >= 0.6 is 0 Å². The standard InChI is InChI=1S/C25H42O4/c1-3-4-5-6-9-12-15-18-22-21-24(28-2)23(25(27)29-22)19-16-13-10-7-8-11-14-17-20-26/h20-21H,3-19H2,1-2H3. The average molecular weight is 407 g/mol. The van der Waals surface area contributed by atoms with Gasteiger partial charge in [-0.1, -0.05) is 77.6 Å². The summed E-state index contributed by atoms with van der Waals surface area (Å²) < 4.78 is 11.0. The van der Waals surface area contributed by atoms with Crippen molar-refractivity contribution in [1.82, 2.24) is 0 Å². The van der Waals surface area contributed by atoms with Crippen molar-refractivity contribution in [2.75, 3.05) is 7.11 Å². The van der Waals surface area contributed by atoms with Gasteiger partial charge in [-0.25, -0.2) is 4.79 Å². The molecule has 1 rings (SSSR count). The number of hydrogen-bond acceptors (Lipinski definition) is 4. The monoisotopic (exact) mass is 406 g/mol. The molecule has 0 aliphatic carbocycles. The number of ether oxygens (including phenoxy) is 1. The van der Waals surface area contributed by atoms with Crippen LogP contribution in [-0.4, -0.2) is 13.4 Å². The van der Waals surface area contributed by atoms with Gasteiger partial charge in [-0.2, -0.15) is 0 Å². The molecular formula is C25H42O4. The summed E-state index contributed by atoms with van der Waals surface area (Å²) in [7, 11) is 1.63. The lowest BCUT2D eigenvalue weighted by Gasteiger charge is -2.09. The Kier molecular flexibility index (Phi) is 15.2. The van der Waals surface area contributed by atoms with Crippen molar-refractivity contribution in [3.8, 4) is 5.75 Å². The van der Waals surface area contributed by atoms with Gasteiger partial charge in [-0.15, -0.1) is 0 Å². The van der Waals surface area contributed by atoms with Crippen LogP contribution in [0.4, 0.5) is 0 Å². The summed E-state index contributed by atoms with van der Waals surface area (Å²) in [6, 6.07) is 1.92. The second-order valence-electron chi connectivity index (χ2n) is 8.10. The van der Waals surface area contributed by atoms with E-state index in [2.05, 4.69) is 6.92 Å². The van der Waals surface area contributed by atoms with E-state index < -0.39 is 0 Å². The van der Waals surface area contributed by atoms with Gasteiger partial charge in [-0.05, 0) is 25.7 Å². The first-order valence-electron chi connectivity index (χ1n) is 11.9. The van der Waals surface area contributed by atoms with Crippen molar-refractivity contribution in [3.05, 3.63) is 27.8 Å². The lowest BCUT2D eigenvalue weighted by molar-refractivity contribution is -0.107. The predicted octanol–water partition coefficient (Wildman–Crippen LogP) is 6.80. The fraction of sp³-hybridized carbons (Fsp3) is 0.760. The highest BCUT2D eigenvalue weighted by Crippen LogP contribution is 2.21. The lowest BCUT2D eigenvalue weighted by Crippen LogP contribution is -2.11. The van der Waals surface area contributed by atoms with Crippen LogP contribution in [0.15, 0.2) is 15.3 Å². The Morgan fingerprint density at radius 2 is 1.38 bits per heavy atom. The number of aldehydes is 1. The number of methoxy groups -OCH3 is 1. The smallest absolute Gasteiger partial charge is 0.342 e. The van der Waals surface area contributed by atoms with E-state index in [0.717, 1.165) is 50.6 Å². The molecule has 0 aromatic carbocycles. The highest BCUT2D eigenvalue weighted by molar-refractivity contribution is 5.48. The molecule has 0 saturated heterocycles. The fourth-order valence-corrected chi connectivity index (χ4v) is 3.74. The molecule has 0 fully saturated rings. The molecule has 1 aromatic heterocycles. The van der Waals surface area contributed by atoms with Crippen LogP contribution in [0.25, 0.3) is 0 Å². The SMILES string of the molecule is CCCCCCCCCc1cc(OC)c(CCCCCCCCCC=O)c(=O)o1. The predicted molar refractivity (Wildman–Crippen MR) is 120 cm³/mol. The third-order valence-electron chi connectivity index (χ3n) is 5.56. The van der Waals surface area contributed by atoms with Gasteiger partial charge >= 0.3 is 5.63 Å². The van der Waals surface area contributed by atoms with Gasteiger partial charge in [0.2, 0.25) is 0 Å². The summed E-state index contributed by atoms with van der Waals surface area (Å²) in [6.45, 7) is 2.24. The highest BCUT2D eigenvalue weighted by atomic mass is 16.5. The quantitative estimate of drug-likeness (QED) is 0.187. The van der Waals surface area contributed by atoms with E-state index in [1.54, 1.807) is 7.11 Å². The van der Waals surface area contributed by atoms with E-state index in [1.807, 2.05) is 6.07 Å². The Bertz CT molecular complexity index is 591. The molecule has 4 heteroatoms. The molecule has 1 heterocycles. The Labute approximate surface area is 177 Å². The molecule has 0 N–H and O–H groups in total. The zero-order valence-electron chi connectivity index (χ0n) is 18.8. The molecular weight excluding hydrogens is 364 g/mol. The molecule has 0 aliphatic heterocycles. The highest BCUT2D eigenvalue weighted by Gasteiger charge is 2.12. The number of carbonyl (C=O) groups excluding carboxylic acids is 1. The number of hydrogen-bond donors (Lipinski definition) is 0. The zero-order chi connectivity index (χ0) is 21.2. The van der Waals surface area contributed by atoms with Crippen LogP contribution in [0.2, 0.25) is 0 Å². The largest absolute Gasteiger partial charge is 0.496 e. The van der Waals surface area contributed by atoms with Crippen LogP contribution < -0.4 is 10.4 Å². The van der Waals surface area contributed by atoms with Gasteiger partial charge in [-0.3, -0.25) is 0 Å². The van der Waals surface area contributed by atoms with Gasteiger partial charge < -0.3 is 13.9 Å². The average Bonchev–Trinajstić information content (AvgIpc) is 2.72. The second kappa shape index (κ2) is 17.3. The lowest BCUT2D eigenvalue weighted by atomic mass is 10.0. The van der Waals surface area contributed by atoms with Crippen molar-refractivity contribution < 1.29 is 13.9 Å². The minimum absolute atomic E-state index is 0.226. The molecule has 0 saturated carbocycles. The van der Waals surface area contributed by atoms with Gasteiger partial charge in [0.1, 0.15) is 17.8 Å². The number of aryl methyl sites for hydroxylation is 1. The molecule has 0 bridgehead atoms. The Morgan fingerprint density at radius 3 is 1.97 bits per heavy atom. The minimum atomic E-state index is -0.226. The van der Waals surface area contributed by atoms with E-state index in [9.17, 15) is 9.59 Å². The summed E-state index contributed by atoms with van der Waals surface area (Å²) >= 11 is 0. The van der Waals surface area contributed by atoms with Crippen LogP contribution in [0.3, 0.4) is 0 Å². The van der Waals surface area contributed by atoms with Gasteiger partial charge in [0.25, 0.3) is 0 Å². The van der Waals surface area contributed by atoms with E-state index in [4.69, 9.17) is 9.15 Å². The van der Waals surface area contributed by atoms with Crippen molar-refractivity contribution in [1.29, 1.82) is 0 Å². The Balaban J connectivity index is 2.31. The maximum atomic E-state index is 12.4. The van der Waals surface area contributed by atoms with Crippen LogP contribution in [0.1, 0.15) is 115 Å². The van der Waals surface area contributed by atoms with E-state index in [1.165, 1.54) is 57.8 Å². The molecule has 0 radical (unpaired) electrons. The number of rotatable bonds is 19. The van der Waals surface area contributed by atoms with E-state index in [0.29, 0.717) is 24.2 Å². The van der Waals surface area contributed by atoms with Crippen LogP contribution in [0.5, 0.6) is 5.75 Å². The van der Waals surface area contributed by atoms with Crippen molar-refractivity contribution >= 4 is 6.29 Å². The topological polar surface area (TPSA) is 56.5 Å². The maximum Gasteiger partial charge on any atom is 0.342 e. The fourth-order valence-electron chi connectivity index (χ4n) is 3.74. The van der Waals surface area contributed by atoms with Gasteiger partial charge in [0.05, 0.1) is 12.7 Å². The molecule has 0 spiro atoms. The Hall–Kier alpha value is -1.58. The molecule has 0 atom stereocenters. The molecule has 1 aromatic rings. The second-order valence-corrected chi connectivity index (χ2v) is 8.10. The van der Waals surface area contributed by atoms with Crippen molar-refractivity contribution in [2.45, 2.75) is 116 Å². The first-order valence-corrected chi connectivity index (χ1v) is 11.9. The summed E-state index contributed by atoms with van der Waals surface area (Å²) in [6.07, 6.45) is 19.7. The molecule has 0 unspecified atom stereocenters. The molecule has 0 aliphatic rings. The maximum absolute atomic E-state index is 12.4. The molecule has 0 amide bonds. The first-order chi connectivity index (χ1) is 14.2. The first kappa shape index (κ1) is 25.5. The number of unbranched alkanes of at least 4 members (excludes halogenated alkanes) is 13. The van der Waals surface area contributed by atoms with Crippen molar-refractivity contribution in [3.63, 3.8) is 0 Å². The normalized spacial score (nSPS) is 11.0.